The van der Waals surface area contributed by atoms with Crippen LogP contribution in [0.25, 0.3) is 0 Å². The van der Waals surface area contributed by atoms with Crippen LogP contribution in [0.2, 0.25) is 0 Å². The number of rotatable bonds is 5. The van der Waals surface area contributed by atoms with Gasteiger partial charge in [-0.1, -0.05) is 25.5 Å². The van der Waals surface area contributed by atoms with Crippen LogP contribution in [-0.4, -0.2) is 25.5 Å². The third-order valence-corrected chi connectivity index (χ3v) is 3.53. The molecule has 0 radical (unpaired) electrons. The minimum atomic E-state index is -0.189. The smallest absolute Gasteiger partial charge is 0.310 e. The summed E-state index contributed by atoms with van der Waals surface area (Å²) in [6.07, 6.45) is 2.35. The van der Waals surface area contributed by atoms with Gasteiger partial charge in [0.05, 0.1) is 12.3 Å². The van der Waals surface area contributed by atoms with Crippen LogP contribution >= 0.6 is 0 Å². The van der Waals surface area contributed by atoms with Crippen LogP contribution in [0.4, 0.5) is 0 Å². The summed E-state index contributed by atoms with van der Waals surface area (Å²) in [6.45, 7) is 8.36. The van der Waals surface area contributed by atoms with E-state index in [2.05, 4.69) is 25.2 Å². The molecule has 4 heteroatoms. The van der Waals surface area contributed by atoms with E-state index in [4.69, 9.17) is 4.74 Å². The average Bonchev–Trinajstić information content (AvgIpc) is 2.79. The van der Waals surface area contributed by atoms with Crippen LogP contribution < -0.4 is 5.32 Å². The van der Waals surface area contributed by atoms with Gasteiger partial charge in [0, 0.05) is 7.05 Å². The first-order valence-corrected chi connectivity index (χ1v) is 6.33. The van der Waals surface area contributed by atoms with Gasteiger partial charge in [-0.3, -0.25) is 9.59 Å². The maximum atomic E-state index is 11.9. The highest BCUT2D eigenvalue weighted by Gasteiger charge is 2.61. The Morgan fingerprint density at radius 1 is 1.33 bits per heavy atom. The highest BCUT2D eigenvalue weighted by Crippen LogP contribution is 2.59. The van der Waals surface area contributed by atoms with Crippen LogP contribution in [0.1, 0.15) is 34.1 Å². The molecule has 0 bridgehead atoms. The van der Waals surface area contributed by atoms with Gasteiger partial charge in [0.2, 0.25) is 5.91 Å². The number of amides is 1. The summed E-state index contributed by atoms with van der Waals surface area (Å²) in [5.74, 6) is -0.114. The Morgan fingerprint density at radius 3 is 2.44 bits per heavy atom. The second-order valence-electron chi connectivity index (χ2n) is 5.66. The number of ether oxygens (including phenoxy) is 1. The molecule has 0 heterocycles. The van der Waals surface area contributed by atoms with Crippen molar-refractivity contribution >= 4 is 11.9 Å². The Kier molecular flexibility index (Phi) is 4.54. The first-order valence-electron chi connectivity index (χ1n) is 6.33. The number of nitrogens with one attached hydrogen (secondary N) is 1. The topological polar surface area (TPSA) is 55.4 Å². The minimum absolute atomic E-state index is 0.0264. The molecule has 1 rings (SSSR count). The normalized spacial score (nSPS) is 24.1. The van der Waals surface area contributed by atoms with Crippen molar-refractivity contribution in [1.82, 2.24) is 5.32 Å². The number of allylic oxidation sites excluding steroid dienone is 2. The molecule has 1 saturated carbocycles. The van der Waals surface area contributed by atoms with Gasteiger partial charge in [-0.25, -0.2) is 0 Å². The van der Waals surface area contributed by atoms with Gasteiger partial charge in [0.1, 0.15) is 6.61 Å². The van der Waals surface area contributed by atoms with Gasteiger partial charge in [0.15, 0.2) is 0 Å². The highest BCUT2D eigenvalue weighted by molar-refractivity contribution is 5.79. The van der Waals surface area contributed by atoms with E-state index < -0.39 is 0 Å². The molecular formula is C14H23NO3. The Bertz CT molecular complexity index is 367. The third-order valence-electron chi connectivity index (χ3n) is 3.53. The molecule has 0 aromatic carbocycles. The van der Waals surface area contributed by atoms with Crippen LogP contribution in [0.15, 0.2) is 11.6 Å². The van der Waals surface area contributed by atoms with Gasteiger partial charge in [-0.05, 0) is 25.2 Å². The molecule has 0 spiro atoms. The highest BCUT2D eigenvalue weighted by atomic mass is 16.5. The quantitative estimate of drug-likeness (QED) is 0.601. The number of carbonyl (C=O) groups is 2. The number of hydrogen-bond acceptors (Lipinski definition) is 3. The van der Waals surface area contributed by atoms with Crippen molar-refractivity contribution in [2.24, 2.45) is 17.3 Å². The van der Waals surface area contributed by atoms with Crippen molar-refractivity contribution in [3.05, 3.63) is 11.6 Å². The van der Waals surface area contributed by atoms with Gasteiger partial charge in [0.25, 0.3) is 0 Å². The molecular weight excluding hydrogens is 230 g/mol. The van der Waals surface area contributed by atoms with E-state index >= 15 is 0 Å². The van der Waals surface area contributed by atoms with Crippen molar-refractivity contribution in [3.63, 3.8) is 0 Å². The lowest BCUT2D eigenvalue weighted by atomic mass is 10.1. The first kappa shape index (κ1) is 14.7. The van der Waals surface area contributed by atoms with Gasteiger partial charge < -0.3 is 10.1 Å². The van der Waals surface area contributed by atoms with Crippen LogP contribution in [0.3, 0.4) is 0 Å². The molecule has 1 aliphatic carbocycles. The van der Waals surface area contributed by atoms with Gasteiger partial charge in [-0.15, -0.1) is 0 Å². The summed E-state index contributed by atoms with van der Waals surface area (Å²) in [6, 6.07) is 0. The SMILES string of the molecule is CNC(=O)CCOC(=O)[C@@H]1[C@H](C=C(C)C)C1(C)C. The molecule has 0 saturated heterocycles. The molecule has 18 heavy (non-hydrogen) atoms. The number of hydrogen-bond donors (Lipinski definition) is 1. The fourth-order valence-electron chi connectivity index (χ4n) is 2.26. The molecule has 4 nitrogen and oxygen atoms in total. The zero-order valence-corrected chi connectivity index (χ0v) is 11.9. The van der Waals surface area contributed by atoms with Crippen LogP contribution in [-0.2, 0) is 14.3 Å². The van der Waals surface area contributed by atoms with Crippen molar-refractivity contribution in [1.29, 1.82) is 0 Å². The number of esters is 1. The van der Waals surface area contributed by atoms with E-state index in [-0.39, 0.29) is 42.2 Å². The van der Waals surface area contributed by atoms with E-state index in [1.165, 1.54) is 5.57 Å². The molecule has 2 atom stereocenters. The summed E-state index contributed by atoms with van der Waals surface area (Å²) in [4.78, 5) is 22.9. The lowest BCUT2D eigenvalue weighted by Gasteiger charge is -2.04. The zero-order valence-electron chi connectivity index (χ0n) is 11.9. The second-order valence-corrected chi connectivity index (χ2v) is 5.66. The van der Waals surface area contributed by atoms with Crippen LogP contribution in [0, 0.1) is 17.3 Å². The molecule has 1 amide bonds. The minimum Gasteiger partial charge on any atom is -0.465 e. The Hall–Kier alpha value is -1.32. The third kappa shape index (κ3) is 3.34. The van der Waals surface area contributed by atoms with Gasteiger partial charge >= 0.3 is 5.97 Å². The average molecular weight is 253 g/mol. The summed E-state index contributed by atoms with van der Waals surface area (Å²) < 4.78 is 5.16. The van der Waals surface area contributed by atoms with E-state index in [9.17, 15) is 9.59 Å². The van der Waals surface area contributed by atoms with E-state index in [0.29, 0.717) is 0 Å². The monoisotopic (exact) mass is 253 g/mol. The molecule has 1 N–H and O–H groups in total. The second kappa shape index (κ2) is 5.55. The zero-order chi connectivity index (χ0) is 13.9. The van der Waals surface area contributed by atoms with E-state index in [1.807, 2.05) is 13.8 Å². The molecule has 102 valence electrons. The fraction of sp³-hybridized carbons (Fsp3) is 0.714. The van der Waals surface area contributed by atoms with Gasteiger partial charge in [-0.2, -0.15) is 0 Å². The molecule has 0 aliphatic heterocycles. The summed E-state index contributed by atoms with van der Waals surface area (Å²) in [5, 5.41) is 2.49. The van der Waals surface area contributed by atoms with Crippen molar-refractivity contribution in [2.75, 3.05) is 13.7 Å². The summed E-state index contributed by atoms with van der Waals surface area (Å²) >= 11 is 0. The van der Waals surface area contributed by atoms with E-state index in [0.717, 1.165) is 0 Å². The van der Waals surface area contributed by atoms with Crippen molar-refractivity contribution < 1.29 is 14.3 Å². The molecule has 1 fully saturated rings. The van der Waals surface area contributed by atoms with E-state index in [1.54, 1.807) is 7.05 Å². The predicted molar refractivity (Wildman–Crippen MR) is 69.8 cm³/mol. The molecule has 0 aromatic rings. The molecule has 0 unspecified atom stereocenters. The largest absolute Gasteiger partial charge is 0.465 e. The standard InChI is InChI=1S/C14H23NO3/c1-9(2)8-10-12(14(10,3)4)13(17)18-7-6-11(16)15-5/h8,10,12H,6-7H2,1-5H3,(H,15,16)/t10-,12-/m0/s1. The lowest BCUT2D eigenvalue weighted by molar-refractivity contribution is -0.146. The summed E-state index contributed by atoms with van der Waals surface area (Å²) in [5.41, 5.74) is 1.19. The predicted octanol–water partition coefficient (Wildman–Crippen LogP) is 1.90. The lowest BCUT2D eigenvalue weighted by Crippen LogP contribution is -2.21. The maximum absolute atomic E-state index is 11.9. The van der Waals surface area contributed by atoms with Crippen molar-refractivity contribution in [2.45, 2.75) is 34.1 Å². The maximum Gasteiger partial charge on any atom is 0.310 e. The number of carbonyl (C=O) groups excluding carboxylic acids is 2. The van der Waals surface area contributed by atoms with Crippen molar-refractivity contribution in [3.8, 4) is 0 Å². The first-order chi connectivity index (χ1) is 8.30. The summed E-state index contributed by atoms with van der Waals surface area (Å²) in [7, 11) is 1.57. The Morgan fingerprint density at radius 2 is 1.94 bits per heavy atom. The molecule has 1 aliphatic rings. The Balaban J connectivity index is 2.44. The van der Waals surface area contributed by atoms with Crippen LogP contribution in [0.5, 0.6) is 0 Å². The fourth-order valence-corrected chi connectivity index (χ4v) is 2.26. The molecule has 0 aromatic heterocycles. The Labute approximate surface area is 109 Å².